The van der Waals surface area contributed by atoms with E-state index >= 15 is 0 Å². The molecule has 1 aliphatic heterocycles. The summed E-state index contributed by atoms with van der Waals surface area (Å²) in [6.45, 7) is 3.75. The molecule has 1 saturated heterocycles. The Morgan fingerprint density at radius 2 is 1.65 bits per heavy atom. The smallest absolute Gasteiger partial charge is 0.254 e. The predicted octanol–water partition coefficient (Wildman–Crippen LogP) is 3.24. The summed E-state index contributed by atoms with van der Waals surface area (Å²) in [6, 6.07) is 11.2. The monoisotopic (exact) mass is 316 g/mol. The molecule has 2 aromatic carbocycles. The Labute approximate surface area is 134 Å². The molecule has 1 heterocycles. The van der Waals surface area contributed by atoms with Crippen LogP contribution in [0.4, 0.5) is 14.5 Å². The molecular weight excluding hydrogens is 298 g/mol. The standard InChI is InChI=1S/C18H18F2N2O/c1-13-6-7-14(12-16(13)20)18(23)22-10-8-21(9-11-22)17-5-3-2-4-15(17)19/h2-7,12H,8-11H2,1H3. The fourth-order valence-corrected chi connectivity index (χ4v) is 2.77. The Morgan fingerprint density at radius 3 is 2.30 bits per heavy atom. The van der Waals surface area contributed by atoms with Crippen molar-refractivity contribution in [2.24, 2.45) is 0 Å². The third kappa shape index (κ3) is 3.18. The van der Waals surface area contributed by atoms with Gasteiger partial charge in [-0.3, -0.25) is 4.79 Å². The summed E-state index contributed by atoms with van der Waals surface area (Å²) in [6.07, 6.45) is 0. The number of rotatable bonds is 2. The third-order valence-corrected chi connectivity index (χ3v) is 4.18. The minimum atomic E-state index is -0.374. The van der Waals surface area contributed by atoms with Crippen LogP contribution in [0.3, 0.4) is 0 Å². The second kappa shape index (κ2) is 6.36. The number of para-hydroxylation sites is 1. The molecule has 0 bridgehead atoms. The van der Waals surface area contributed by atoms with E-state index < -0.39 is 0 Å². The number of aryl methyl sites for hydroxylation is 1. The molecule has 3 rings (SSSR count). The second-order valence-electron chi connectivity index (χ2n) is 5.69. The molecule has 0 N–H and O–H groups in total. The summed E-state index contributed by atoms with van der Waals surface area (Å²) in [7, 11) is 0. The second-order valence-corrected chi connectivity index (χ2v) is 5.69. The Balaban J connectivity index is 1.68. The van der Waals surface area contributed by atoms with Gasteiger partial charge in [-0.05, 0) is 36.8 Å². The maximum Gasteiger partial charge on any atom is 0.254 e. The molecule has 5 heteroatoms. The Bertz CT molecular complexity index is 725. The lowest BCUT2D eigenvalue weighted by Crippen LogP contribution is -2.49. The lowest BCUT2D eigenvalue weighted by Gasteiger charge is -2.36. The lowest BCUT2D eigenvalue weighted by atomic mass is 10.1. The van der Waals surface area contributed by atoms with Crippen LogP contribution >= 0.6 is 0 Å². The van der Waals surface area contributed by atoms with Crippen LogP contribution < -0.4 is 4.90 Å². The summed E-state index contributed by atoms with van der Waals surface area (Å²) in [5.41, 5.74) is 1.43. The van der Waals surface area contributed by atoms with Crippen molar-refractivity contribution in [3.05, 3.63) is 65.2 Å². The van der Waals surface area contributed by atoms with Crippen molar-refractivity contribution < 1.29 is 13.6 Å². The van der Waals surface area contributed by atoms with Crippen molar-refractivity contribution in [2.75, 3.05) is 31.1 Å². The van der Waals surface area contributed by atoms with Crippen LogP contribution in [-0.2, 0) is 0 Å². The van der Waals surface area contributed by atoms with Gasteiger partial charge >= 0.3 is 0 Å². The van der Waals surface area contributed by atoms with Crippen molar-refractivity contribution >= 4 is 11.6 Å². The van der Waals surface area contributed by atoms with Crippen molar-refractivity contribution in [1.29, 1.82) is 0 Å². The number of carbonyl (C=O) groups is 1. The molecule has 0 saturated carbocycles. The Hall–Kier alpha value is -2.43. The van der Waals surface area contributed by atoms with Gasteiger partial charge in [0.15, 0.2) is 0 Å². The normalized spacial score (nSPS) is 14.9. The first-order valence-electron chi connectivity index (χ1n) is 7.61. The van der Waals surface area contributed by atoms with Crippen LogP contribution in [0.5, 0.6) is 0 Å². The zero-order chi connectivity index (χ0) is 16.4. The lowest BCUT2D eigenvalue weighted by molar-refractivity contribution is 0.0746. The maximum atomic E-state index is 13.8. The molecule has 120 valence electrons. The van der Waals surface area contributed by atoms with Gasteiger partial charge in [0, 0.05) is 31.7 Å². The van der Waals surface area contributed by atoms with Gasteiger partial charge in [-0.25, -0.2) is 8.78 Å². The van der Waals surface area contributed by atoms with Gasteiger partial charge in [0.25, 0.3) is 5.91 Å². The van der Waals surface area contributed by atoms with E-state index in [-0.39, 0.29) is 17.5 Å². The molecule has 0 aromatic heterocycles. The minimum absolute atomic E-state index is 0.183. The van der Waals surface area contributed by atoms with Gasteiger partial charge in [0.1, 0.15) is 11.6 Å². The number of halogens is 2. The molecule has 0 radical (unpaired) electrons. The maximum absolute atomic E-state index is 13.8. The summed E-state index contributed by atoms with van der Waals surface area (Å²) in [5.74, 6) is -0.814. The van der Waals surface area contributed by atoms with Gasteiger partial charge in [0.2, 0.25) is 0 Å². The van der Waals surface area contributed by atoms with Crippen LogP contribution in [0.2, 0.25) is 0 Å². The molecule has 1 amide bonds. The zero-order valence-corrected chi connectivity index (χ0v) is 12.9. The highest BCUT2D eigenvalue weighted by molar-refractivity contribution is 5.94. The first-order valence-corrected chi connectivity index (χ1v) is 7.61. The fraction of sp³-hybridized carbons (Fsp3) is 0.278. The van der Waals surface area contributed by atoms with Gasteiger partial charge in [-0.2, -0.15) is 0 Å². The van der Waals surface area contributed by atoms with Crippen molar-refractivity contribution in [1.82, 2.24) is 4.90 Å². The number of hydrogen-bond donors (Lipinski definition) is 0. The minimum Gasteiger partial charge on any atom is -0.366 e. The topological polar surface area (TPSA) is 23.6 Å². The molecule has 0 atom stereocenters. The number of hydrogen-bond acceptors (Lipinski definition) is 2. The van der Waals surface area contributed by atoms with Crippen molar-refractivity contribution in [3.63, 3.8) is 0 Å². The third-order valence-electron chi connectivity index (χ3n) is 4.18. The molecule has 0 spiro atoms. The van der Waals surface area contributed by atoms with E-state index in [1.807, 2.05) is 4.90 Å². The van der Waals surface area contributed by atoms with Gasteiger partial charge < -0.3 is 9.80 Å². The summed E-state index contributed by atoms with van der Waals surface area (Å²) < 4.78 is 27.4. The number of piperazine rings is 1. The number of carbonyl (C=O) groups excluding carboxylic acids is 1. The van der Waals surface area contributed by atoms with Crippen LogP contribution in [-0.4, -0.2) is 37.0 Å². The first kappa shape index (κ1) is 15.5. The number of anilines is 1. The number of amides is 1. The van der Waals surface area contributed by atoms with E-state index in [0.29, 0.717) is 43.0 Å². The number of benzene rings is 2. The first-order chi connectivity index (χ1) is 11.1. The quantitative estimate of drug-likeness (QED) is 0.849. The summed E-state index contributed by atoms with van der Waals surface area (Å²) >= 11 is 0. The molecular formula is C18H18F2N2O. The van der Waals surface area contributed by atoms with Crippen molar-refractivity contribution in [3.8, 4) is 0 Å². The van der Waals surface area contributed by atoms with E-state index in [0.717, 1.165) is 0 Å². The highest BCUT2D eigenvalue weighted by Crippen LogP contribution is 2.21. The average molecular weight is 316 g/mol. The molecule has 1 aliphatic rings. The number of nitrogens with zero attached hydrogens (tertiary/aromatic N) is 2. The summed E-state index contributed by atoms with van der Waals surface area (Å²) in [5, 5.41) is 0. The van der Waals surface area contributed by atoms with E-state index in [2.05, 4.69) is 0 Å². The van der Waals surface area contributed by atoms with Crippen LogP contribution in [0, 0.1) is 18.6 Å². The summed E-state index contributed by atoms with van der Waals surface area (Å²) in [4.78, 5) is 16.0. The molecule has 0 aliphatic carbocycles. The van der Waals surface area contributed by atoms with Crippen LogP contribution in [0.15, 0.2) is 42.5 Å². The Kier molecular flexibility index (Phi) is 4.28. The fourth-order valence-electron chi connectivity index (χ4n) is 2.77. The molecule has 1 fully saturated rings. The van der Waals surface area contributed by atoms with E-state index in [1.165, 1.54) is 12.1 Å². The van der Waals surface area contributed by atoms with Gasteiger partial charge in [-0.1, -0.05) is 18.2 Å². The molecule has 3 nitrogen and oxygen atoms in total. The Morgan fingerprint density at radius 1 is 0.957 bits per heavy atom. The highest BCUT2D eigenvalue weighted by Gasteiger charge is 2.23. The van der Waals surface area contributed by atoms with E-state index in [9.17, 15) is 13.6 Å². The van der Waals surface area contributed by atoms with E-state index in [1.54, 1.807) is 42.2 Å². The van der Waals surface area contributed by atoms with Crippen LogP contribution in [0.1, 0.15) is 15.9 Å². The van der Waals surface area contributed by atoms with Gasteiger partial charge in [0.05, 0.1) is 5.69 Å². The van der Waals surface area contributed by atoms with Gasteiger partial charge in [-0.15, -0.1) is 0 Å². The molecule has 0 unspecified atom stereocenters. The van der Waals surface area contributed by atoms with E-state index in [4.69, 9.17) is 0 Å². The molecule has 2 aromatic rings. The van der Waals surface area contributed by atoms with Crippen molar-refractivity contribution in [2.45, 2.75) is 6.92 Å². The highest BCUT2D eigenvalue weighted by atomic mass is 19.1. The average Bonchev–Trinajstić information content (AvgIpc) is 2.57. The largest absolute Gasteiger partial charge is 0.366 e. The molecule has 23 heavy (non-hydrogen) atoms. The van der Waals surface area contributed by atoms with Crippen LogP contribution in [0.25, 0.3) is 0 Å². The predicted molar refractivity (Wildman–Crippen MR) is 85.7 cm³/mol. The SMILES string of the molecule is Cc1ccc(C(=O)N2CCN(c3ccccc3F)CC2)cc1F. The zero-order valence-electron chi connectivity index (χ0n) is 12.9.